The van der Waals surface area contributed by atoms with Gasteiger partial charge in [-0.2, -0.15) is 0 Å². The molecule has 28 heavy (non-hydrogen) atoms. The van der Waals surface area contributed by atoms with Crippen LogP contribution < -0.4 is 10.1 Å². The molecule has 0 bridgehead atoms. The van der Waals surface area contributed by atoms with E-state index < -0.39 is 0 Å². The van der Waals surface area contributed by atoms with E-state index >= 15 is 0 Å². The molecule has 6 heteroatoms. The van der Waals surface area contributed by atoms with Crippen LogP contribution in [0, 0.1) is 6.92 Å². The van der Waals surface area contributed by atoms with Crippen molar-refractivity contribution >= 4 is 28.5 Å². The predicted octanol–water partition coefficient (Wildman–Crippen LogP) is 4.37. The van der Waals surface area contributed by atoms with Gasteiger partial charge in [-0.1, -0.05) is 18.2 Å². The van der Waals surface area contributed by atoms with E-state index in [0.29, 0.717) is 46.8 Å². The molecule has 0 aliphatic carbocycles. The molecule has 0 fully saturated rings. The number of methoxy groups -OCH3 is 1. The lowest BCUT2D eigenvalue weighted by Crippen LogP contribution is -2.28. The first-order valence-electron chi connectivity index (χ1n) is 9.16. The van der Waals surface area contributed by atoms with Gasteiger partial charge < -0.3 is 19.4 Å². The zero-order chi connectivity index (χ0) is 20.3. The number of hydrogen-bond donors (Lipinski definition) is 1. The van der Waals surface area contributed by atoms with Gasteiger partial charge in [0.25, 0.3) is 5.91 Å². The molecule has 1 heterocycles. The minimum atomic E-state index is -0.261. The second-order valence-corrected chi connectivity index (χ2v) is 6.54. The van der Waals surface area contributed by atoms with Crippen LogP contribution in [0.5, 0.6) is 5.75 Å². The Balaban J connectivity index is 1.93. The Hall–Kier alpha value is -3.28. The third kappa shape index (κ3) is 3.86. The lowest BCUT2D eigenvalue weighted by atomic mass is 10.1. The molecule has 0 aliphatic heterocycles. The largest absolute Gasteiger partial charge is 0.497 e. The number of nitrogens with one attached hydrogen (secondary N) is 1. The number of hydrogen-bond acceptors (Lipinski definition) is 4. The summed E-state index contributed by atoms with van der Waals surface area (Å²) in [6.07, 6.45) is 0. The van der Waals surface area contributed by atoms with Crippen molar-refractivity contribution in [3.05, 3.63) is 59.4 Å². The SMILES string of the molecule is CCN(Cc1ccccc1NC(=O)c1c(C)oc2ccc(OC)cc12)C(C)=O. The monoisotopic (exact) mass is 380 g/mol. The van der Waals surface area contributed by atoms with Crippen LogP contribution in [0.3, 0.4) is 0 Å². The smallest absolute Gasteiger partial charge is 0.259 e. The Kier molecular flexibility index (Phi) is 5.68. The molecule has 3 rings (SSSR count). The van der Waals surface area contributed by atoms with Crippen LogP contribution in [0.4, 0.5) is 5.69 Å². The Labute approximate surface area is 164 Å². The summed E-state index contributed by atoms with van der Waals surface area (Å²) < 4.78 is 11.0. The van der Waals surface area contributed by atoms with E-state index in [0.717, 1.165) is 5.56 Å². The van der Waals surface area contributed by atoms with Crippen LogP contribution in [0.1, 0.15) is 35.5 Å². The summed E-state index contributed by atoms with van der Waals surface area (Å²) >= 11 is 0. The number of carbonyl (C=O) groups is 2. The number of carbonyl (C=O) groups excluding carboxylic acids is 2. The Morgan fingerprint density at radius 1 is 1.18 bits per heavy atom. The number of benzene rings is 2. The number of nitrogens with zero attached hydrogens (tertiary/aromatic N) is 1. The number of amides is 2. The van der Waals surface area contributed by atoms with E-state index in [1.54, 1.807) is 44.1 Å². The second-order valence-electron chi connectivity index (χ2n) is 6.54. The highest BCUT2D eigenvalue weighted by molar-refractivity contribution is 6.13. The van der Waals surface area contributed by atoms with Crippen molar-refractivity contribution in [1.29, 1.82) is 0 Å². The summed E-state index contributed by atoms with van der Waals surface area (Å²) in [5.74, 6) is 0.926. The summed E-state index contributed by atoms with van der Waals surface area (Å²) in [6, 6.07) is 12.9. The van der Waals surface area contributed by atoms with Crippen LogP contribution in [-0.2, 0) is 11.3 Å². The van der Waals surface area contributed by atoms with Crippen molar-refractivity contribution in [2.45, 2.75) is 27.3 Å². The van der Waals surface area contributed by atoms with Gasteiger partial charge in [0.1, 0.15) is 17.1 Å². The number of ether oxygens (including phenoxy) is 1. The lowest BCUT2D eigenvalue weighted by molar-refractivity contribution is -0.129. The maximum atomic E-state index is 13.1. The van der Waals surface area contributed by atoms with E-state index in [1.165, 1.54) is 0 Å². The average molecular weight is 380 g/mol. The molecule has 0 spiro atoms. The first-order chi connectivity index (χ1) is 13.4. The molecular formula is C22H24N2O4. The minimum Gasteiger partial charge on any atom is -0.497 e. The highest BCUT2D eigenvalue weighted by Gasteiger charge is 2.20. The number of para-hydroxylation sites is 1. The van der Waals surface area contributed by atoms with E-state index in [-0.39, 0.29) is 11.8 Å². The number of furan rings is 1. The van der Waals surface area contributed by atoms with Gasteiger partial charge in [-0.05, 0) is 43.7 Å². The summed E-state index contributed by atoms with van der Waals surface area (Å²) in [5, 5.41) is 3.67. The Bertz CT molecular complexity index is 1020. The van der Waals surface area contributed by atoms with Gasteiger partial charge in [0.15, 0.2) is 0 Å². The van der Waals surface area contributed by atoms with Gasteiger partial charge in [-0.15, -0.1) is 0 Å². The van der Waals surface area contributed by atoms with Gasteiger partial charge in [0.2, 0.25) is 5.91 Å². The maximum absolute atomic E-state index is 13.1. The number of aryl methyl sites for hydroxylation is 1. The minimum absolute atomic E-state index is 0.00704. The molecule has 2 amide bonds. The molecule has 0 saturated heterocycles. The first kappa shape index (κ1) is 19.5. The molecule has 0 unspecified atom stereocenters. The van der Waals surface area contributed by atoms with E-state index in [1.807, 2.05) is 31.2 Å². The van der Waals surface area contributed by atoms with Gasteiger partial charge in [-0.25, -0.2) is 0 Å². The standard InChI is InChI=1S/C22H24N2O4/c1-5-24(15(3)25)13-16-8-6-7-9-19(16)23-22(26)21-14(2)28-20-11-10-17(27-4)12-18(20)21/h6-12H,5,13H2,1-4H3,(H,23,26). The fraction of sp³-hybridized carbons (Fsp3) is 0.273. The van der Waals surface area contributed by atoms with Crippen molar-refractivity contribution in [2.75, 3.05) is 19.0 Å². The third-order valence-corrected chi connectivity index (χ3v) is 4.75. The van der Waals surface area contributed by atoms with Crippen LogP contribution >= 0.6 is 0 Å². The molecule has 0 atom stereocenters. The van der Waals surface area contributed by atoms with Crippen molar-refractivity contribution in [1.82, 2.24) is 4.90 Å². The quantitative estimate of drug-likeness (QED) is 0.689. The van der Waals surface area contributed by atoms with Crippen molar-refractivity contribution in [3.63, 3.8) is 0 Å². The highest BCUT2D eigenvalue weighted by Crippen LogP contribution is 2.30. The predicted molar refractivity (Wildman–Crippen MR) is 109 cm³/mol. The fourth-order valence-corrected chi connectivity index (χ4v) is 3.22. The van der Waals surface area contributed by atoms with Crippen LogP contribution in [0.15, 0.2) is 46.9 Å². The molecule has 0 saturated carbocycles. The highest BCUT2D eigenvalue weighted by atomic mass is 16.5. The lowest BCUT2D eigenvalue weighted by Gasteiger charge is -2.21. The number of fused-ring (bicyclic) bond motifs is 1. The summed E-state index contributed by atoms with van der Waals surface area (Å²) in [4.78, 5) is 26.5. The normalized spacial score (nSPS) is 10.7. The maximum Gasteiger partial charge on any atom is 0.259 e. The van der Waals surface area contributed by atoms with E-state index in [9.17, 15) is 9.59 Å². The molecular weight excluding hydrogens is 356 g/mol. The Morgan fingerprint density at radius 3 is 2.61 bits per heavy atom. The molecule has 1 N–H and O–H groups in total. The summed E-state index contributed by atoms with van der Waals surface area (Å²) in [6.45, 7) is 6.27. The molecule has 146 valence electrons. The molecule has 3 aromatic rings. The van der Waals surface area contributed by atoms with Crippen LogP contribution in [0.25, 0.3) is 11.0 Å². The fourth-order valence-electron chi connectivity index (χ4n) is 3.22. The zero-order valence-corrected chi connectivity index (χ0v) is 16.5. The number of rotatable bonds is 6. The third-order valence-electron chi connectivity index (χ3n) is 4.75. The molecule has 6 nitrogen and oxygen atoms in total. The van der Waals surface area contributed by atoms with Crippen molar-refractivity contribution < 1.29 is 18.7 Å². The van der Waals surface area contributed by atoms with Gasteiger partial charge in [0, 0.05) is 31.1 Å². The summed E-state index contributed by atoms with van der Waals surface area (Å²) in [5.41, 5.74) is 2.65. The summed E-state index contributed by atoms with van der Waals surface area (Å²) in [7, 11) is 1.58. The number of anilines is 1. The second kappa shape index (κ2) is 8.17. The molecule has 0 radical (unpaired) electrons. The van der Waals surface area contributed by atoms with Crippen LogP contribution in [0.2, 0.25) is 0 Å². The van der Waals surface area contributed by atoms with Gasteiger partial charge in [0.05, 0.1) is 12.7 Å². The molecule has 1 aromatic heterocycles. The van der Waals surface area contributed by atoms with E-state index in [4.69, 9.17) is 9.15 Å². The molecule has 2 aromatic carbocycles. The van der Waals surface area contributed by atoms with Crippen LogP contribution in [-0.4, -0.2) is 30.4 Å². The molecule has 0 aliphatic rings. The van der Waals surface area contributed by atoms with E-state index in [2.05, 4.69) is 5.32 Å². The van der Waals surface area contributed by atoms with Gasteiger partial charge in [-0.3, -0.25) is 9.59 Å². The van der Waals surface area contributed by atoms with Crippen molar-refractivity contribution in [3.8, 4) is 5.75 Å². The average Bonchev–Trinajstić information content (AvgIpc) is 3.01. The first-order valence-corrected chi connectivity index (χ1v) is 9.16. The zero-order valence-electron chi connectivity index (χ0n) is 16.5. The topological polar surface area (TPSA) is 71.8 Å². The van der Waals surface area contributed by atoms with Crippen molar-refractivity contribution in [2.24, 2.45) is 0 Å². The Morgan fingerprint density at radius 2 is 1.93 bits per heavy atom. The van der Waals surface area contributed by atoms with Gasteiger partial charge >= 0.3 is 0 Å².